The van der Waals surface area contributed by atoms with Crippen molar-refractivity contribution in [1.29, 1.82) is 0 Å². The predicted octanol–water partition coefficient (Wildman–Crippen LogP) is 3.70. The monoisotopic (exact) mass is 510 g/mol. The van der Waals surface area contributed by atoms with Gasteiger partial charge in [0.05, 0.1) is 18.4 Å². The van der Waals surface area contributed by atoms with Crippen LogP contribution in [-0.2, 0) is 6.54 Å². The highest BCUT2D eigenvalue weighted by atomic mass is 19.1. The van der Waals surface area contributed by atoms with Crippen LogP contribution in [0.15, 0.2) is 30.6 Å². The predicted molar refractivity (Wildman–Crippen MR) is 138 cm³/mol. The molecule has 196 valence electrons. The van der Waals surface area contributed by atoms with Gasteiger partial charge in [0, 0.05) is 51.0 Å². The fourth-order valence-corrected chi connectivity index (χ4v) is 4.63. The van der Waals surface area contributed by atoms with E-state index in [1.165, 1.54) is 0 Å². The Balaban J connectivity index is 1.32. The van der Waals surface area contributed by atoms with Crippen molar-refractivity contribution in [3.8, 4) is 17.1 Å². The second kappa shape index (κ2) is 10.9. The van der Waals surface area contributed by atoms with Gasteiger partial charge >= 0.3 is 0 Å². The summed E-state index contributed by atoms with van der Waals surface area (Å²) in [6, 6.07) is 5.07. The fraction of sp³-hybridized carbons (Fsp3) is 0.462. The van der Waals surface area contributed by atoms with Gasteiger partial charge in [-0.15, -0.1) is 0 Å². The van der Waals surface area contributed by atoms with Gasteiger partial charge in [-0.3, -0.25) is 4.90 Å². The molecular formula is C26H32F2N8O. The van der Waals surface area contributed by atoms with E-state index < -0.39 is 11.6 Å². The minimum Gasteiger partial charge on any atom is -0.485 e. The second-order valence-corrected chi connectivity index (χ2v) is 9.55. The van der Waals surface area contributed by atoms with E-state index in [-0.39, 0.29) is 29.1 Å². The van der Waals surface area contributed by atoms with E-state index in [2.05, 4.69) is 42.0 Å². The van der Waals surface area contributed by atoms with Crippen molar-refractivity contribution in [2.24, 2.45) is 0 Å². The van der Waals surface area contributed by atoms with Crippen LogP contribution in [-0.4, -0.2) is 81.7 Å². The first kappa shape index (κ1) is 25.2. The highest BCUT2D eigenvalue weighted by Gasteiger charge is 2.27. The smallest absolute Gasteiger partial charge is 0.229 e. The zero-order valence-corrected chi connectivity index (χ0v) is 21.4. The van der Waals surface area contributed by atoms with Gasteiger partial charge in [-0.05, 0) is 32.0 Å². The summed E-state index contributed by atoms with van der Waals surface area (Å²) in [6.07, 6.45) is 2.87. The molecule has 9 nitrogen and oxygen atoms in total. The van der Waals surface area contributed by atoms with Gasteiger partial charge in [-0.2, -0.15) is 0 Å². The zero-order valence-electron chi connectivity index (χ0n) is 21.4. The van der Waals surface area contributed by atoms with Crippen LogP contribution in [0.25, 0.3) is 11.4 Å². The van der Waals surface area contributed by atoms with Crippen LogP contribution in [0.1, 0.15) is 26.3 Å². The SMILES string of the molecule is CCN1CCN(Cc2ccc(Nc3ncc(F)c(-c4cc(F)c5c(n4)N(C(C)C)CCO5)n3)nc2)CC1. The average Bonchev–Trinajstić information content (AvgIpc) is 2.91. The molecule has 37 heavy (non-hydrogen) atoms. The van der Waals surface area contributed by atoms with Gasteiger partial charge < -0.3 is 19.9 Å². The molecule has 0 aliphatic carbocycles. The molecule has 2 aliphatic heterocycles. The van der Waals surface area contributed by atoms with Crippen molar-refractivity contribution in [3.63, 3.8) is 0 Å². The van der Waals surface area contributed by atoms with Gasteiger partial charge in [0.25, 0.3) is 0 Å². The van der Waals surface area contributed by atoms with Crippen LogP contribution in [0.5, 0.6) is 5.75 Å². The molecular weight excluding hydrogens is 478 g/mol. The number of nitrogens with zero attached hydrogens (tertiary/aromatic N) is 7. The maximum atomic E-state index is 14.9. The average molecular weight is 511 g/mol. The largest absolute Gasteiger partial charge is 0.485 e. The molecule has 0 radical (unpaired) electrons. The maximum Gasteiger partial charge on any atom is 0.229 e. The van der Waals surface area contributed by atoms with Crippen LogP contribution in [0.2, 0.25) is 0 Å². The Morgan fingerprint density at radius 2 is 1.76 bits per heavy atom. The van der Waals surface area contributed by atoms with Crippen molar-refractivity contribution in [3.05, 3.63) is 47.8 Å². The number of hydrogen-bond donors (Lipinski definition) is 1. The molecule has 0 bridgehead atoms. The summed E-state index contributed by atoms with van der Waals surface area (Å²) in [4.78, 5) is 24.1. The molecule has 5 heterocycles. The van der Waals surface area contributed by atoms with E-state index in [0.29, 0.717) is 24.8 Å². The molecule has 1 fully saturated rings. The Hall–Kier alpha value is -3.44. The van der Waals surface area contributed by atoms with Crippen molar-refractivity contribution < 1.29 is 13.5 Å². The lowest BCUT2D eigenvalue weighted by molar-refractivity contribution is 0.132. The van der Waals surface area contributed by atoms with E-state index >= 15 is 0 Å². The normalized spacial score (nSPS) is 16.5. The molecule has 0 aromatic carbocycles. The number of aromatic nitrogens is 4. The topological polar surface area (TPSA) is 82.5 Å². The number of anilines is 3. The van der Waals surface area contributed by atoms with Gasteiger partial charge in [-0.1, -0.05) is 13.0 Å². The number of piperazine rings is 1. The third kappa shape index (κ3) is 5.62. The lowest BCUT2D eigenvalue weighted by atomic mass is 10.2. The van der Waals surface area contributed by atoms with Crippen LogP contribution < -0.4 is 15.0 Å². The Labute approximate surface area is 215 Å². The summed E-state index contributed by atoms with van der Waals surface area (Å²) in [7, 11) is 0. The van der Waals surface area contributed by atoms with Gasteiger partial charge in [0.1, 0.15) is 18.1 Å². The number of nitrogens with one attached hydrogen (secondary N) is 1. The zero-order chi connectivity index (χ0) is 25.9. The molecule has 5 rings (SSSR count). The number of pyridine rings is 2. The van der Waals surface area contributed by atoms with Crippen molar-refractivity contribution in [1.82, 2.24) is 29.7 Å². The first-order valence-electron chi connectivity index (χ1n) is 12.7. The fourth-order valence-electron chi connectivity index (χ4n) is 4.63. The molecule has 1 N–H and O–H groups in total. The Bertz CT molecular complexity index is 1230. The number of rotatable bonds is 7. The molecule has 11 heteroatoms. The molecule has 1 saturated heterocycles. The number of likely N-dealkylation sites (N-methyl/N-ethyl adjacent to an activating group) is 1. The number of fused-ring (bicyclic) bond motifs is 1. The minimum atomic E-state index is -0.697. The molecule has 0 spiro atoms. The highest BCUT2D eigenvalue weighted by Crippen LogP contribution is 2.36. The standard InChI is InChI=1S/C26H32F2N8O/c1-4-34-7-9-35(10-8-34)16-18-5-6-22(29-14-18)32-26-30-15-20(28)23(33-26)21-13-19(27)24-25(31-21)36(17(2)3)11-12-37-24/h5-6,13-15,17H,4,7-12,16H2,1-3H3,(H,29,30,32,33). The van der Waals surface area contributed by atoms with Gasteiger partial charge in [0.2, 0.25) is 5.95 Å². The molecule has 3 aromatic rings. The van der Waals surface area contributed by atoms with E-state index in [1.54, 1.807) is 0 Å². The summed E-state index contributed by atoms with van der Waals surface area (Å²) < 4.78 is 35.1. The second-order valence-electron chi connectivity index (χ2n) is 9.55. The van der Waals surface area contributed by atoms with E-state index in [0.717, 1.165) is 57.1 Å². The van der Waals surface area contributed by atoms with Crippen molar-refractivity contribution >= 4 is 17.6 Å². The number of hydrogen-bond acceptors (Lipinski definition) is 9. The Morgan fingerprint density at radius 3 is 2.46 bits per heavy atom. The minimum absolute atomic E-state index is 0.0711. The molecule has 2 aliphatic rings. The van der Waals surface area contributed by atoms with Crippen molar-refractivity contribution in [2.45, 2.75) is 33.4 Å². The van der Waals surface area contributed by atoms with Gasteiger partial charge in [-0.25, -0.2) is 28.7 Å². The van der Waals surface area contributed by atoms with Crippen LogP contribution in [0.3, 0.4) is 0 Å². The summed E-state index contributed by atoms with van der Waals surface area (Å²) in [5.41, 5.74) is 1.08. The Morgan fingerprint density at radius 1 is 0.973 bits per heavy atom. The Kier molecular flexibility index (Phi) is 7.43. The lowest BCUT2D eigenvalue weighted by Crippen LogP contribution is -2.45. The molecule has 0 unspecified atom stereocenters. The number of ether oxygens (including phenoxy) is 1. The van der Waals surface area contributed by atoms with E-state index in [1.807, 2.05) is 37.1 Å². The maximum absolute atomic E-state index is 14.9. The van der Waals surface area contributed by atoms with Crippen LogP contribution in [0, 0.1) is 11.6 Å². The molecule has 3 aromatic heterocycles. The van der Waals surface area contributed by atoms with Gasteiger partial charge in [0.15, 0.2) is 23.2 Å². The summed E-state index contributed by atoms with van der Waals surface area (Å²) >= 11 is 0. The van der Waals surface area contributed by atoms with E-state index in [4.69, 9.17) is 4.74 Å². The molecule has 0 saturated carbocycles. The first-order chi connectivity index (χ1) is 17.9. The molecule has 0 amide bonds. The molecule has 0 atom stereocenters. The van der Waals surface area contributed by atoms with Crippen molar-refractivity contribution in [2.75, 3.05) is 56.1 Å². The summed E-state index contributed by atoms with van der Waals surface area (Å²) in [5.74, 6) is -0.210. The third-order valence-corrected chi connectivity index (χ3v) is 6.75. The highest BCUT2D eigenvalue weighted by molar-refractivity contribution is 5.65. The summed E-state index contributed by atoms with van der Waals surface area (Å²) in [5, 5.41) is 3.01. The van der Waals surface area contributed by atoms with E-state index in [9.17, 15) is 8.78 Å². The number of halogens is 2. The van der Waals surface area contributed by atoms with Crippen LogP contribution >= 0.6 is 0 Å². The van der Waals surface area contributed by atoms with Crippen LogP contribution in [0.4, 0.5) is 26.4 Å². The lowest BCUT2D eigenvalue weighted by Gasteiger charge is -2.33. The quantitative estimate of drug-likeness (QED) is 0.512. The summed E-state index contributed by atoms with van der Waals surface area (Å²) in [6.45, 7) is 13.3. The first-order valence-corrected chi connectivity index (χ1v) is 12.7. The third-order valence-electron chi connectivity index (χ3n) is 6.75.